The third-order valence-corrected chi connectivity index (χ3v) is 7.47. The van der Waals surface area contributed by atoms with Crippen LogP contribution in [0, 0.1) is 0 Å². The number of thiol groups is 1. The number of hydrogen-bond donors (Lipinski definition) is 4. The minimum Gasteiger partial charge on any atom is -0.393 e. The SMILES string of the molecule is CCCCCCCCCCCCC(O)(S)C(O)(CO)CCCCCCCCCCCC. The first-order valence-electron chi connectivity index (χ1n) is 13.7. The molecule has 3 N–H and O–H groups in total. The van der Waals surface area contributed by atoms with Crippen LogP contribution < -0.4 is 0 Å². The van der Waals surface area contributed by atoms with Crippen molar-refractivity contribution in [2.24, 2.45) is 0 Å². The van der Waals surface area contributed by atoms with E-state index in [0.29, 0.717) is 12.8 Å². The molecule has 0 amide bonds. The number of unbranched alkanes of at least 4 members (excludes halogenated alkanes) is 18. The summed E-state index contributed by atoms with van der Waals surface area (Å²) in [6, 6.07) is 0. The van der Waals surface area contributed by atoms with Gasteiger partial charge in [0, 0.05) is 0 Å². The highest BCUT2D eigenvalue weighted by atomic mass is 32.1. The van der Waals surface area contributed by atoms with E-state index in [1.807, 2.05) is 0 Å². The number of hydrogen-bond acceptors (Lipinski definition) is 4. The molecule has 0 bridgehead atoms. The van der Waals surface area contributed by atoms with Gasteiger partial charge in [-0.2, -0.15) is 0 Å². The monoisotopic (exact) mass is 460 g/mol. The smallest absolute Gasteiger partial charge is 0.138 e. The maximum Gasteiger partial charge on any atom is 0.138 e. The van der Waals surface area contributed by atoms with Crippen LogP contribution in [0.3, 0.4) is 0 Å². The molecule has 0 radical (unpaired) electrons. The van der Waals surface area contributed by atoms with Crippen LogP contribution in [0.4, 0.5) is 0 Å². The summed E-state index contributed by atoms with van der Waals surface area (Å²) in [5.74, 6) is 0. The molecule has 0 aliphatic heterocycles. The molecule has 0 aromatic heterocycles. The summed E-state index contributed by atoms with van der Waals surface area (Å²) in [5.41, 5.74) is -1.50. The van der Waals surface area contributed by atoms with E-state index in [1.165, 1.54) is 103 Å². The van der Waals surface area contributed by atoms with Gasteiger partial charge in [0.05, 0.1) is 6.61 Å². The Kier molecular flexibility index (Phi) is 21.0. The maximum absolute atomic E-state index is 10.8. The molecule has 2 atom stereocenters. The molecular weight excluding hydrogens is 404 g/mol. The van der Waals surface area contributed by atoms with Gasteiger partial charge in [0.25, 0.3) is 0 Å². The van der Waals surface area contributed by atoms with Crippen LogP contribution in [0.5, 0.6) is 0 Å². The minimum atomic E-state index is -1.51. The van der Waals surface area contributed by atoms with E-state index in [2.05, 4.69) is 26.5 Å². The topological polar surface area (TPSA) is 60.7 Å². The van der Waals surface area contributed by atoms with Crippen LogP contribution >= 0.6 is 12.6 Å². The highest BCUT2D eigenvalue weighted by molar-refractivity contribution is 7.81. The van der Waals surface area contributed by atoms with E-state index in [9.17, 15) is 15.3 Å². The normalized spacial score (nSPS) is 15.7. The Hall–Kier alpha value is 0.230. The minimum absolute atomic E-state index is 0.414. The Morgan fingerprint density at radius 3 is 1.10 bits per heavy atom. The molecule has 0 spiro atoms. The van der Waals surface area contributed by atoms with Crippen molar-refractivity contribution in [1.82, 2.24) is 0 Å². The van der Waals surface area contributed by atoms with E-state index in [1.54, 1.807) is 0 Å². The van der Waals surface area contributed by atoms with Gasteiger partial charge < -0.3 is 15.3 Å². The van der Waals surface area contributed by atoms with Gasteiger partial charge in [-0.3, -0.25) is 0 Å². The van der Waals surface area contributed by atoms with Gasteiger partial charge in [-0.05, 0) is 19.3 Å². The zero-order valence-electron chi connectivity index (χ0n) is 21.1. The molecule has 3 nitrogen and oxygen atoms in total. The van der Waals surface area contributed by atoms with E-state index in [0.717, 1.165) is 25.7 Å². The highest BCUT2D eigenvalue weighted by Gasteiger charge is 2.45. The second-order valence-corrected chi connectivity index (χ2v) is 10.6. The van der Waals surface area contributed by atoms with Gasteiger partial charge in [-0.1, -0.05) is 136 Å². The van der Waals surface area contributed by atoms with E-state index < -0.39 is 17.1 Å². The van der Waals surface area contributed by atoms with Gasteiger partial charge in [0.15, 0.2) is 0 Å². The van der Waals surface area contributed by atoms with Crippen molar-refractivity contribution in [2.45, 2.75) is 166 Å². The van der Waals surface area contributed by atoms with Crippen molar-refractivity contribution in [3.8, 4) is 0 Å². The van der Waals surface area contributed by atoms with Crippen molar-refractivity contribution in [2.75, 3.05) is 6.61 Å². The van der Waals surface area contributed by atoms with Gasteiger partial charge >= 0.3 is 0 Å². The van der Waals surface area contributed by atoms with Gasteiger partial charge in [0.1, 0.15) is 10.5 Å². The van der Waals surface area contributed by atoms with Gasteiger partial charge in [-0.25, -0.2) is 0 Å². The first-order valence-corrected chi connectivity index (χ1v) is 14.2. The third kappa shape index (κ3) is 16.5. The average Bonchev–Trinajstić information content (AvgIpc) is 2.76. The van der Waals surface area contributed by atoms with Gasteiger partial charge in [0.2, 0.25) is 0 Å². The summed E-state index contributed by atoms with van der Waals surface area (Å²) >= 11 is 4.38. The van der Waals surface area contributed by atoms with E-state index >= 15 is 0 Å². The molecule has 0 aliphatic carbocycles. The Morgan fingerprint density at radius 2 is 0.774 bits per heavy atom. The summed E-state index contributed by atoms with van der Waals surface area (Å²) in [7, 11) is 0. The third-order valence-electron chi connectivity index (χ3n) is 6.83. The number of aliphatic hydroxyl groups excluding tert-OH is 1. The molecule has 0 aliphatic rings. The second-order valence-electron chi connectivity index (χ2n) is 9.87. The van der Waals surface area contributed by atoms with Crippen LogP contribution in [0.1, 0.15) is 155 Å². The zero-order valence-corrected chi connectivity index (χ0v) is 21.9. The molecule has 0 aromatic rings. The summed E-state index contributed by atoms with van der Waals surface area (Å²) in [6.07, 6.45) is 25.4. The quantitative estimate of drug-likeness (QED) is 0.0671. The first kappa shape index (κ1) is 31.2. The van der Waals surface area contributed by atoms with E-state index in [4.69, 9.17) is 0 Å². The van der Waals surface area contributed by atoms with Crippen molar-refractivity contribution in [3.05, 3.63) is 0 Å². The fraction of sp³-hybridized carbons (Fsp3) is 1.00. The lowest BCUT2D eigenvalue weighted by Gasteiger charge is -2.39. The molecule has 0 heterocycles. The van der Waals surface area contributed by atoms with Gasteiger partial charge in [-0.15, -0.1) is 12.6 Å². The second kappa shape index (κ2) is 20.8. The predicted molar refractivity (Wildman–Crippen MR) is 139 cm³/mol. The highest BCUT2D eigenvalue weighted by Crippen LogP contribution is 2.35. The van der Waals surface area contributed by atoms with Crippen LogP contribution in [-0.2, 0) is 0 Å². The summed E-state index contributed by atoms with van der Waals surface area (Å²) in [6.45, 7) is 4.07. The molecule has 4 heteroatoms. The Morgan fingerprint density at radius 1 is 0.484 bits per heavy atom. The molecule has 188 valence electrons. The Balaban J connectivity index is 3.85. The molecule has 0 saturated carbocycles. The Labute approximate surface area is 200 Å². The average molecular weight is 461 g/mol. The zero-order chi connectivity index (χ0) is 23.3. The number of rotatable bonds is 24. The lowest BCUT2D eigenvalue weighted by atomic mass is 9.87. The summed E-state index contributed by atoms with van der Waals surface area (Å²) in [5, 5.41) is 31.4. The first-order chi connectivity index (χ1) is 14.9. The van der Waals surface area contributed by atoms with Crippen molar-refractivity contribution >= 4 is 12.6 Å². The van der Waals surface area contributed by atoms with Crippen LogP contribution in [-0.4, -0.2) is 32.5 Å². The molecular formula is C27H56O3S. The predicted octanol–water partition coefficient (Wildman–Crippen LogP) is 7.95. The van der Waals surface area contributed by atoms with E-state index in [-0.39, 0.29) is 0 Å². The Bertz CT molecular complexity index is 375. The fourth-order valence-corrected chi connectivity index (χ4v) is 4.74. The van der Waals surface area contributed by atoms with Crippen LogP contribution in [0.25, 0.3) is 0 Å². The van der Waals surface area contributed by atoms with Crippen molar-refractivity contribution in [1.29, 1.82) is 0 Å². The summed E-state index contributed by atoms with van der Waals surface area (Å²) < 4.78 is 0. The molecule has 0 saturated heterocycles. The molecule has 31 heavy (non-hydrogen) atoms. The molecule has 0 rings (SSSR count). The van der Waals surface area contributed by atoms with Crippen molar-refractivity contribution in [3.63, 3.8) is 0 Å². The largest absolute Gasteiger partial charge is 0.393 e. The standard InChI is InChI=1S/C27H56O3S/c1-3-5-7-9-11-13-15-17-19-21-23-26(29,25-28)27(30,31)24-22-20-18-16-14-12-10-8-6-4-2/h28-31H,3-25H2,1-2H3. The molecule has 0 fully saturated rings. The number of aliphatic hydroxyl groups is 3. The van der Waals surface area contributed by atoms with Crippen LogP contribution in [0.15, 0.2) is 0 Å². The summed E-state index contributed by atoms with van der Waals surface area (Å²) in [4.78, 5) is -1.51. The lowest BCUT2D eigenvalue weighted by Crippen LogP contribution is -2.53. The molecule has 2 unspecified atom stereocenters. The maximum atomic E-state index is 10.8. The van der Waals surface area contributed by atoms with Crippen LogP contribution in [0.2, 0.25) is 0 Å². The molecule has 0 aromatic carbocycles. The fourth-order valence-electron chi connectivity index (χ4n) is 4.40. The van der Waals surface area contributed by atoms with Crippen molar-refractivity contribution < 1.29 is 15.3 Å². The lowest BCUT2D eigenvalue weighted by molar-refractivity contribution is -0.131.